The minimum atomic E-state index is -0.398. The van der Waals surface area contributed by atoms with E-state index in [1.54, 1.807) is 0 Å². The molecular formula is C17H27N3O2. The van der Waals surface area contributed by atoms with Crippen LogP contribution in [0.4, 0.5) is 10.5 Å². The van der Waals surface area contributed by atoms with E-state index in [1.165, 1.54) is 5.69 Å². The Labute approximate surface area is 132 Å². The van der Waals surface area contributed by atoms with Gasteiger partial charge in [-0.05, 0) is 31.4 Å². The lowest BCUT2D eigenvalue weighted by Gasteiger charge is -2.28. The van der Waals surface area contributed by atoms with Crippen LogP contribution in [0, 0.1) is 0 Å². The summed E-state index contributed by atoms with van der Waals surface area (Å²) in [6, 6.07) is 10.0. The van der Waals surface area contributed by atoms with E-state index in [0.717, 1.165) is 38.6 Å². The van der Waals surface area contributed by atoms with Gasteiger partial charge in [-0.15, -0.1) is 0 Å². The lowest BCUT2D eigenvalue weighted by atomic mass is 9.99. The minimum Gasteiger partial charge on any atom is -0.394 e. The quantitative estimate of drug-likeness (QED) is 0.676. The number of amides is 2. The van der Waals surface area contributed by atoms with Gasteiger partial charge in [0.15, 0.2) is 0 Å². The van der Waals surface area contributed by atoms with Gasteiger partial charge in [0.1, 0.15) is 0 Å². The van der Waals surface area contributed by atoms with Crippen LogP contribution in [-0.2, 0) is 0 Å². The van der Waals surface area contributed by atoms with Crippen molar-refractivity contribution >= 4 is 11.7 Å². The molecule has 0 heterocycles. The molecule has 5 nitrogen and oxygen atoms in total. The zero-order chi connectivity index (χ0) is 15.8. The van der Waals surface area contributed by atoms with E-state index in [2.05, 4.69) is 34.7 Å². The number of urea groups is 1. The summed E-state index contributed by atoms with van der Waals surface area (Å²) in [5.74, 6) is 0. The third-order valence-electron chi connectivity index (χ3n) is 4.39. The van der Waals surface area contributed by atoms with Crippen LogP contribution >= 0.6 is 0 Å². The van der Waals surface area contributed by atoms with E-state index >= 15 is 0 Å². The Morgan fingerprint density at radius 1 is 1.27 bits per heavy atom. The fourth-order valence-corrected chi connectivity index (χ4v) is 2.99. The molecule has 2 rings (SSSR count). The SMILES string of the molecule is CN(CCCNC(=O)NC1(CO)CCCC1)c1ccccc1. The maximum absolute atomic E-state index is 11.9. The summed E-state index contributed by atoms with van der Waals surface area (Å²) in [7, 11) is 2.05. The third kappa shape index (κ3) is 4.63. The van der Waals surface area contributed by atoms with E-state index in [-0.39, 0.29) is 12.6 Å². The van der Waals surface area contributed by atoms with Gasteiger partial charge in [0.2, 0.25) is 0 Å². The Kier molecular flexibility index (Phi) is 6.07. The van der Waals surface area contributed by atoms with Crippen molar-refractivity contribution < 1.29 is 9.90 Å². The largest absolute Gasteiger partial charge is 0.394 e. The summed E-state index contributed by atoms with van der Waals surface area (Å²) in [6.45, 7) is 1.54. The number of nitrogens with one attached hydrogen (secondary N) is 2. The molecule has 1 aliphatic rings. The van der Waals surface area contributed by atoms with Crippen molar-refractivity contribution in [1.82, 2.24) is 10.6 Å². The Bertz CT molecular complexity index is 458. The molecule has 0 saturated heterocycles. The molecule has 0 aromatic heterocycles. The molecule has 1 saturated carbocycles. The van der Waals surface area contributed by atoms with Crippen LogP contribution in [0.15, 0.2) is 30.3 Å². The van der Waals surface area contributed by atoms with Gasteiger partial charge in [-0.2, -0.15) is 0 Å². The molecule has 1 fully saturated rings. The molecule has 5 heteroatoms. The monoisotopic (exact) mass is 305 g/mol. The zero-order valence-electron chi connectivity index (χ0n) is 13.3. The van der Waals surface area contributed by atoms with Gasteiger partial charge >= 0.3 is 6.03 Å². The predicted octanol–water partition coefficient (Wildman–Crippen LogP) is 2.12. The first-order valence-electron chi connectivity index (χ1n) is 8.08. The molecule has 2 amide bonds. The van der Waals surface area contributed by atoms with Crippen LogP contribution in [0.2, 0.25) is 0 Å². The summed E-state index contributed by atoms with van der Waals surface area (Å²) in [4.78, 5) is 14.1. The number of aliphatic hydroxyl groups is 1. The molecule has 0 radical (unpaired) electrons. The Balaban J connectivity index is 1.65. The number of anilines is 1. The van der Waals surface area contributed by atoms with Gasteiger partial charge in [-0.1, -0.05) is 31.0 Å². The van der Waals surface area contributed by atoms with Gasteiger partial charge in [0.25, 0.3) is 0 Å². The summed E-state index contributed by atoms with van der Waals surface area (Å²) in [5, 5.41) is 15.3. The number of aliphatic hydroxyl groups excluding tert-OH is 1. The highest BCUT2D eigenvalue weighted by Crippen LogP contribution is 2.28. The van der Waals surface area contributed by atoms with Gasteiger partial charge in [-0.25, -0.2) is 4.79 Å². The van der Waals surface area contributed by atoms with E-state index in [9.17, 15) is 9.90 Å². The number of nitrogens with zero attached hydrogens (tertiary/aromatic N) is 1. The molecule has 122 valence electrons. The first-order valence-corrected chi connectivity index (χ1v) is 8.08. The van der Waals surface area contributed by atoms with Crippen molar-refractivity contribution in [2.45, 2.75) is 37.6 Å². The first kappa shape index (κ1) is 16.6. The molecule has 0 atom stereocenters. The number of hydrogen-bond acceptors (Lipinski definition) is 3. The van der Waals surface area contributed by atoms with Crippen molar-refractivity contribution in [3.05, 3.63) is 30.3 Å². The molecule has 22 heavy (non-hydrogen) atoms. The standard InChI is InChI=1S/C17H27N3O2/c1-20(15-8-3-2-4-9-15)13-7-12-18-16(22)19-17(14-21)10-5-6-11-17/h2-4,8-9,21H,5-7,10-14H2,1H3,(H2,18,19,22). The van der Waals surface area contributed by atoms with Crippen LogP contribution in [-0.4, -0.2) is 43.4 Å². The third-order valence-corrected chi connectivity index (χ3v) is 4.39. The molecule has 1 aliphatic carbocycles. The van der Waals surface area contributed by atoms with Crippen LogP contribution in [0.5, 0.6) is 0 Å². The molecular weight excluding hydrogens is 278 g/mol. The van der Waals surface area contributed by atoms with Gasteiger partial charge in [-0.3, -0.25) is 0 Å². The Morgan fingerprint density at radius 2 is 1.95 bits per heavy atom. The Hall–Kier alpha value is -1.75. The second kappa shape index (κ2) is 8.03. The molecule has 1 aromatic rings. The van der Waals surface area contributed by atoms with Crippen molar-refractivity contribution in [1.29, 1.82) is 0 Å². The average molecular weight is 305 g/mol. The summed E-state index contributed by atoms with van der Waals surface area (Å²) >= 11 is 0. The number of hydrogen-bond donors (Lipinski definition) is 3. The van der Waals surface area contributed by atoms with Crippen LogP contribution in [0.25, 0.3) is 0 Å². The van der Waals surface area contributed by atoms with Crippen molar-refractivity contribution in [2.75, 3.05) is 31.6 Å². The number of carbonyl (C=O) groups is 1. The van der Waals surface area contributed by atoms with E-state index in [1.807, 2.05) is 18.2 Å². The lowest BCUT2D eigenvalue weighted by molar-refractivity contribution is 0.163. The maximum atomic E-state index is 11.9. The van der Waals surface area contributed by atoms with Crippen molar-refractivity contribution in [2.24, 2.45) is 0 Å². The highest BCUT2D eigenvalue weighted by Gasteiger charge is 2.34. The highest BCUT2D eigenvalue weighted by molar-refractivity contribution is 5.74. The number of benzene rings is 1. The number of rotatable bonds is 7. The number of para-hydroxylation sites is 1. The predicted molar refractivity (Wildman–Crippen MR) is 89.1 cm³/mol. The fraction of sp³-hybridized carbons (Fsp3) is 0.588. The average Bonchev–Trinajstić information content (AvgIpc) is 3.01. The smallest absolute Gasteiger partial charge is 0.315 e. The summed E-state index contributed by atoms with van der Waals surface area (Å²) in [6.07, 6.45) is 4.76. The van der Waals surface area contributed by atoms with Crippen LogP contribution in [0.3, 0.4) is 0 Å². The highest BCUT2D eigenvalue weighted by atomic mass is 16.3. The van der Waals surface area contributed by atoms with E-state index in [0.29, 0.717) is 6.54 Å². The molecule has 0 aliphatic heterocycles. The fourth-order valence-electron chi connectivity index (χ4n) is 2.99. The summed E-state index contributed by atoms with van der Waals surface area (Å²) in [5.41, 5.74) is 0.780. The topological polar surface area (TPSA) is 64.6 Å². The molecule has 0 bridgehead atoms. The van der Waals surface area contributed by atoms with Crippen LogP contribution in [0.1, 0.15) is 32.1 Å². The minimum absolute atomic E-state index is 0.0250. The molecule has 3 N–H and O–H groups in total. The molecule has 0 spiro atoms. The van der Waals surface area contributed by atoms with E-state index in [4.69, 9.17) is 0 Å². The summed E-state index contributed by atoms with van der Waals surface area (Å²) < 4.78 is 0. The molecule has 0 unspecified atom stereocenters. The Morgan fingerprint density at radius 3 is 2.59 bits per heavy atom. The van der Waals surface area contributed by atoms with Crippen molar-refractivity contribution in [3.8, 4) is 0 Å². The maximum Gasteiger partial charge on any atom is 0.315 e. The number of carbonyl (C=O) groups excluding carboxylic acids is 1. The normalized spacial score (nSPS) is 16.3. The zero-order valence-corrected chi connectivity index (χ0v) is 13.3. The van der Waals surface area contributed by atoms with Gasteiger partial charge in [0, 0.05) is 25.8 Å². The van der Waals surface area contributed by atoms with Gasteiger partial charge < -0.3 is 20.6 Å². The second-order valence-corrected chi connectivity index (χ2v) is 6.14. The first-order chi connectivity index (χ1) is 10.7. The van der Waals surface area contributed by atoms with Crippen LogP contribution < -0.4 is 15.5 Å². The van der Waals surface area contributed by atoms with Crippen molar-refractivity contribution in [3.63, 3.8) is 0 Å². The van der Waals surface area contributed by atoms with Gasteiger partial charge in [0.05, 0.1) is 12.1 Å². The lowest BCUT2D eigenvalue weighted by Crippen LogP contribution is -2.53. The molecule has 1 aromatic carbocycles. The second-order valence-electron chi connectivity index (χ2n) is 6.14. The van der Waals surface area contributed by atoms with E-state index < -0.39 is 5.54 Å².